The Morgan fingerprint density at radius 3 is 2.39 bits per heavy atom. The highest BCUT2D eigenvalue weighted by molar-refractivity contribution is 5.83. The summed E-state index contributed by atoms with van der Waals surface area (Å²) in [4.78, 5) is 11.6. The van der Waals surface area contributed by atoms with Crippen molar-refractivity contribution in [2.75, 3.05) is 6.61 Å². The van der Waals surface area contributed by atoms with E-state index < -0.39 is 0 Å². The van der Waals surface area contributed by atoms with Crippen molar-refractivity contribution in [2.24, 2.45) is 5.92 Å². The molecule has 0 aliphatic heterocycles. The molecule has 1 aromatic carbocycles. The molecule has 0 aromatic heterocycles. The normalized spacial score (nSPS) is 28.1. The van der Waals surface area contributed by atoms with Crippen molar-refractivity contribution in [1.82, 2.24) is 0 Å². The van der Waals surface area contributed by atoms with Crippen LogP contribution >= 0.6 is 0 Å². The summed E-state index contributed by atoms with van der Waals surface area (Å²) in [5, 5.41) is 0. The van der Waals surface area contributed by atoms with Crippen LogP contribution in [0.15, 0.2) is 42.0 Å². The number of allylic oxidation sites excluding steroid dienone is 3. The van der Waals surface area contributed by atoms with Crippen LogP contribution in [-0.4, -0.2) is 12.6 Å². The number of ether oxygens (including phenoxy) is 1. The molecule has 2 nitrogen and oxygen atoms in total. The number of carbonyl (C=O) groups excluding carboxylic acids is 1. The maximum atomic E-state index is 11.6. The molecule has 3 rings (SSSR count). The quantitative estimate of drug-likeness (QED) is 0.336. The molecule has 1 saturated carbocycles. The van der Waals surface area contributed by atoms with Crippen molar-refractivity contribution < 1.29 is 9.53 Å². The Labute approximate surface area is 171 Å². The zero-order valence-electron chi connectivity index (χ0n) is 18.7. The highest BCUT2D eigenvalue weighted by Crippen LogP contribution is 2.56. The van der Waals surface area contributed by atoms with Gasteiger partial charge in [-0.3, -0.25) is 0 Å². The van der Waals surface area contributed by atoms with Crippen LogP contribution in [-0.2, 0) is 25.8 Å². The van der Waals surface area contributed by atoms with Gasteiger partial charge in [0.05, 0.1) is 6.61 Å². The third-order valence-electron chi connectivity index (χ3n) is 7.04. The molecule has 0 bridgehead atoms. The summed E-state index contributed by atoms with van der Waals surface area (Å²) >= 11 is 0. The molecule has 0 spiro atoms. The van der Waals surface area contributed by atoms with Gasteiger partial charge in [0.1, 0.15) is 0 Å². The van der Waals surface area contributed by atoms with E-state index in [-0.39, 0.29) is 22.2 Å². The topological polar surface area (TPSA) is 26.3 Å². The summed E-state index contributed by atoms with van der Waals surface area (Å²) in [7, 11) is 0. The van der Waals surface area contributed by atoms with Crippen molar-refractivity contribution in [3.63, 3.8) is 0 Å². The second-order valence-corrected chi connectivity index (χ2v) is 10.3. The van der Waals surface area contributed by atoms with E-state index >= 15 is 0 Å². The number of hydrogen-bond donors (Lipinski definition) is 0. The molecule has 2 aliphatic rings. The second kappa shape index (κ2) is 7.21. The summed E-state index contributed by atoms with van der Waals surface area (Å²) in [6, 6.07) is 7.24. The number of hydrogen-bond acceptors (Lipinski definition) is 2. The van der Waals surface area contributed by atoms with Crippen molar-refractivity contribution in [3.8, 4) is 0 Å². The van der Waals surface area contributed by atoms with Crippen LogP contribution in [0, 0.1) is 5.92 Å². The fourth-order valence-electron chi connectivity index (χ4n) is 4.64. The van der Waals surface area contributed by atoms with Crippen LogP contribution in [0.1, 0.15) is 84.4 Å². The fraction of sp³-hybridized carbons (Fsp3) is 0.577. The van der Waals surface area contributed by atoms with Crippen molar-refractivity contribution >= 4 is 5.97 Å². The lowest BCUT2D eigenvalue weighted by molar-refractivity contribution is -0.137. The molecule has 0 amide bonds. The Kier molecular flexibility index (Phi) is 5.38. The number of rotatable bonds is 5. The number of fused-ring (bicyclic) bond motifs is 1. The van der Waals surface area contributed by atoms with Crippen LogP contribution in [0.4, 0.5) is 0 Å². The molecular weight excluding hydrogens is 344 g/mol. The van der Waals surface area contributed by atoms with Gasteiger partial charge in [0.2, 0.25) is 0 Å². The summed E-state index contributed by atoms with van der Waals surface area (Å²) < 4.78 is 4.99. The van der Waals surface area contributed by atoms with Crippen molar-refractivity contribution in [2.45, 2.75) is 84.0 Å². The maximum Gasteiger partial charge on any atom is 0.330 e. The minimum atomic E-state index is -0.261. The monoisotopic (exact) mass is 380 g/mol. The molecule has 0 N–H and O–H groups in total. The minimum absolute atomic E-state index is 0.202. The van der Waals surface area contributed by atoms with E-state index in [2.05, 4.69) is 65.0 Å². The van der Waals surface area contributed by atoms with Gasteiger partial charge in [-0.2, -0.15) is 0 Å². The van der Waals surface area contributed by atoms with Crippen molar-refractivity contribution in [3.05, 3.63) is 58.7 Å². The van der Waals surface area contributed by atoms with Crippen LogP contribution in [0.5, 0.6) is 0 Å². The van der Waals surface area contributed by atoms with Gasteiger partial charge in [0.15, 0.2) is 0 Å². The molecule has 2 atom stereocenters. The lowest BCUT2D eigenvalue weighted by Gasteiger charge is -2.42. The predicted molar refractivity (Wildman–Crippen MR) is 117 cm³/mol. The fourth-order valence-corrected chi connectivity index (χ4v) is 4.64. The van der Waals surface area contributed by atoms with Gasteiger partial charge in [0, 0.05) is 6.08 Å². The molecule has 0 radical (unpaired) electrons. The zero-order valence-corrected chi connectivity index (χ0v) is 18.7. The first kappa shape index (κ1) is 20.9. The van der Waals surface area contributed by atoms with Crippen molar-refractivity contribution in [1.29, 1.82) is 0 Å². The van der Waals surface area contributed by atoms with E-state index in [4.69, 9.17) is 4.74 Å². The molecule has 1 aromatic rings. The Balaban J connectivity index is 1.80. The molecule has 2 aliphatic carbocycles. The summed E-state index contributed by atoms with van der Waals surface area (Å²) in [5.74, 6) is 0.263. The van der Waals surface area contributed by atoms with E-state index in [0.717, 1.165) is 5.57 Å². The van der Waals surface area contributed by atoms with Gasteiger partial charge >= 0.3 is 5.97 Å². The predicted octanol–water partition coefficient (Wildman–Crippen LogP) is 6.38. The lowest BCUT2D eigenvalue weighted by atomic mass is 9.62. The average Bonchev–Trinajstić information content (AvgIpc) is 3.29. The number of benzene rings is 1. The SMILES string of the molecule is CCOC(=O)/C=C(C)/C=C/C1C[C@]1(C)c1ccc2c(c1)C(C)(C)CCC2(C)C. The van der Waals surface area contributed by atoms with Crippen LogP contribution in [0.3, 0.4) is 0 Å². The van der Waals surface area contributed by atoms with Crippen LogP contribution in [0.25, 0.3) is 0 Å². The minimum Gasteiger partial charge on any atom is -0.463 e. The van der Waals surface area contributed by atoms with Gasteiger partial charge < -0.3 is 4.74 Å². The van der Waals surface area contributed by atoms with E-state index in [1.54, 1.807) is 6.08 Å². The third-order valence-corrected chi connectivity index (χ3v) is 7.04. The van der Waals surface area contributed by atoms with Gasteiger partial charge in [0.25, 0.3) is 0 Å². The lowest BCUT2D eigenvalue weighted by Crippen LogP contribution is -2.34. The van der Waals surface area contributed by atoms with E-state index in [9.17, 15) is 4.79 Å². The molecule has 0 heterocycles. The van der Waals surface area contributed by atoms with Crippen LogP contribution in [0.2, 0.25) is 0 Å². The zero-order chi connectivity index (χ0) is 20.7. The van der Waals surface area contributed by atoms with E-state index in [0.29, 0.717) is 12.5 Å². The Morgan fingerprint density at radius 1 is 1.11 bits per heavy atom. The Morgan fingerprint density at radius 2 is 1.75 bits per heavy atom. The van der Waals surface area contributed by atoms with Crippen LogP contribution < -0.4 is 0 Å². The largest absolute Gasteiger partial charge is 0.463 e. The Hall–Kier alpha value is -1.83. The first-order valence-corrected chi connectivity index (χ1v) is 10.7. The molecular formula is C26H36O2. The highest BCUT2D eigenvalue weighted by Gasteiger charge is 2.50. The summed E-state index contributed by atoms with van der Waals surface area (Å²) in [5.41, 5.74) is 6.18. The molecule has 1 unspecified atom stereocenters. The van der Waals surface area contributed by atoms with Gasteiger partial charge in [-0.05, 0) is 77.5 Å². The molecule has 0 saturated heterocycles. The first-order chi connectivity index (χ1) is 13.0. The Bertz CT molecular complexity index is 825. The third kappa shape index (κ3) is 3.97. The second-order valence-electron chi connectivity index (χ2n) is 10.3. The highest BCUT2D eigenvalue weighted by atomic mass is 16.5. The smallest absolute Gasteiger partial charge is 0.330 e. The van der Waals surface area contributed by atoms with E-state index in [1.807, 2.05) is 13.8 Å². The molecule has 28 heavy (non-hydrogen) atoms. The first-order valence-electron chi connectivity index (χ1n) is 10.7. The van der Waals surface area contributed by atoms with Gasteiger partial charge in [-0.1, -0.05) is 65.0 Å². The standard InChI is InChI=1S/C26H36O2/c1-8-28-23(27)15-18(2)9-10-20-17-26(20,7)19-11-12-21-22(16-19)25(5,6)14-13-24(21,3)4/h9-12,15-16,20H,8,13-14,17H2,1-7H3/b10-9+,18-15+/t20?,26-/m1/s1. The summed E-state index contributed by atoms with van der Waals surface area (Å²) in [6.07, 6.45) is 9.56. The van der Waals surface area contributed by atoms with E-state index in [1.165, 1.54) is 36.0 Å². The summed E-state index contributed by atoms with van der Waals surface area (Å²) in [6.45, 7) is 16.1. The van der Waals surface area contributed by atoms with Gasteiger partial charge in [-0.25, -0.2) is 4.79 Å². The molecule has 152 valence electrons. The number of esters is 1. The maximum absolute atomic E-state index is 11.6. The van der Waals surface area contributed by atoms with Gasteiger partial charge in [-0.15, -0.1) is 0 Å². The average molecular weight is 381 g/mol. The molecule has 2 heteroatoms. The molecule has 1 fully saturated rings. The number of carbonyl (C=O) groups is 1.